The first-order chi connectivity index (χ1) is 16.1. The van der Waals surface area contributed by atoms with Crippen LogP contribution in [0.25, 0.3) is 5.57 Å². The fourth-order valence-corrected chi connectivity index (χ4v) is 7.07. The van der Waals surface area contributed by atoms with E-state index in [0.29, 0.717) is 11.1 Å². The van der Waals surface area contributed by atoms with E-state index in [4.69, 9.17) is 0 Å². The maximum Gasteiger partial charge on any atom is 0.166 e. The molecule has 3 aliphatic carbocycles. The Balaban J connectivity index is 1.21. The Hall–Kier alpha value is -1.44. The van der Waals surface area contributed by atoms with Gasteiger partial charge in [-0.1, -0.05) is 50.1 Å². The Kier molecular flexibility index (Phi) is 8.83. The average Bonchev–Trinajstić information content (AvgIpc) is 2.86. The third kappa shape index (κ3) is 6.17. The summed E-state index contributed by atoms with van der Waals surface area (Å²) in [5, 5.41) is 0. The molecule has 33 heavy (non-hydrogen) atoms. The molecule has 182 valence electrons. The normalized spacial score (nSPS) is 31.0. The van der Waals surface area contributed by atoms with E-state index in [2.05, 4.69) is 25.2 Å². The van der Waals surface area contributed by atoms with Crippen molar-refractivity contribution in [1.82, 2.24) is 0 Å². The van der Waals surface area contributed by atoms with E-state index >= 15 is 0 Å². The maximum atomic E-state index is 14.4. The second-order valence-corrected chi connectivity index (χ2v) is 11.2. The van der Waals surface area contributed by atoms with E-state index in [9.17, 15) is 8.78 Å². The minimum atomic E-state index is -0.684. The van der Waals surface area contributed by atoms with Crippen molar-refractivity contribution in [2.75, 3.05) is 0 Å². The molecule has 0 saturated heterocycles. The maximum absolute atomic E-state index is 14.4. The average molecular weight is 455 g/mol. The molecular weight excluding hydrogens is 410 g/mol. The highest BCUT2D eigenvalue weighted by Crippen LogP contribution is 2.46. The molecule has 1 unspecified atom stereocenters. The van der Waals surface area contributed by atoms with Gasteiger partial charge in [0.1, 0.15) is 0 Å². The topological polar surface area (TPSA) is 0 Å². The molecule has 0 aromatic heterocycles. The lowest BCUT2D eigenvalue weighted by molar-refractivity contribution is 0.121. The molecule has 3 aliphatic rings. The molecule has 1 atom stereocenters. The summed E-state index contributed by atoms with van der Waals surface area (Å²) in [5.74, 6) is 3.13. The summed E-state index contributed by atoms with van der Waals surface area (Å²) in [5.41, 5.74) is 1.88. The van der Waals surface area contributed by atoms with Gasteiger partial charge in [-0.15, -0.1) is 0 Å². The lowest BCUT2D eigenvalue weighted by atomic mass is 9.65. The van der Waals surface area contributed by atoms with Crippen LogP contribution in [0.5, 0.6) is 0 Å². The molecule has 0 heterocycles. The Morgan fingerprint density at radius 2 is 1.42 bits per heavy atom. The Labute approximate surface area is 200 Å². The predicted molar refractivity (Wildman–Crippen MR) is 136 cm³/mol. The van der Waals surface area contributed by atoms with Gasteiger partial charge in [0.15, 0.2) is 11.6 Å². The van der Waals surface area contributed by atoms with Gasteiger partial charge in [0.05, 0.1) is 0 Å². The van der Waals surface area contributed by atoms with E-state index in [1.807, 2.05) is 0 Å². The van der Waals surface area contributed by atoms with Crippen molar-refractivity contribution in [3.8, 4) is 0 Å². The number of hydrogen-bond donors (Lipinski definition) is 0. The van der Waals surface area contributed by atoms with E-state index in [0.717, 1.165) is 54.4 Å². The largest absolute Gasteiger partial charge is 0.203 e. The molecule has 0 radical (unpaired) electrons. The third-order valence-electron chi connectivity index (χ3n) is 9.26. The molecule has 0 spiro atoms. The van der Waals surface area contributed by atoms with Gasteiger partial charge in [-0.25, -0.2) is 8.78 Å². The Morgan fingerprint density at radius 3 is 2.03 bits per heavy atom. The highest BCUT2D eigenvalue weighted by Gasteiger charge is 2.33. The highest BCUT2D eigenvalue weighted by molar-refractivity contribution is 5.67. The van der Waals surface area contributed by atoms with Crippen LogP contribution in [0.3, 0.4) is 0 Å². The minimum absolute atomic E-state index is 0.389. The molecule has 1 aromatic carbocycles. The monoisotopic (exact) mass is 454 g/mol. The number of halogens is 2. The van der Waals surface area contributed by atoms with Crippen molar-refractivity contribution < 1.29 is 8.78 Å². The summed E-state index contributed by atoms with van der Waals surface area (Å²) in [7, 11) is 0. The number of hydrogen-bond acceptors (Lipinski definition) is 0. The number of allylic oxidation sites excluding steroid dienone is 4. The lowest BCUT2D eigenvalue weighted by Crippen LogP contribution is -2.28. The molecule has 2 fully saturated rings. The van der Waals surface area contributed by atoms with Crippen LogP contribution in [0.4, 0.5) is 8.78 Å². The Bertz CT molecular complexity index is 820. The van der Waals surface area contributed by atoms with E-state index < -0.39 is 11.6 Å². The standard InChI is InChI=1S/C31H44F2/c1-3-4-5-6-7-23-9-11-24(12-10-23)25-13-15-26(16-14-25)27-17-19-28(20-18-27)29-21-8-22(2)30(32)31(29)33/h4-5,8,19,21,23-27H,3,6-7,9-18,20H2,1-2H3. The quantitative estimate of drug-likeness (QED) is 0.360. The molecule has 0 aliphatic heterocycles. The van der Waals surface area contributed by atoms with E-state index in [1.54, 1.807) is 19.1 Å². The number of aryl methyl sites for hydroxylation is 1. The minimum Gasteiger partial charge on any atom is -0.203 e. The smallest absolute Gasteiger partial charge is 0.166 e. The van der Waals surface area contributed by atoms with Crippen molar-refractivity contribution >= 4 is 5.57 Å². The van der Waals surface area contributed by atoms with Crippen LogP contribution in [-0.4, -0.2) is 0 Å². The molecular formula is C31H44F2. The summed E-state index contributed by atoms with van der Waals surface area (Å²) in [6, 6.07) is 3.47. The van der Waals surface area contributed by atoms with Crippen LogP contribution in [0.1, 0.15) is 108 Å². The van der Waals surface area contributed by atoms with Gasteiger partial charge in [0.25, 0.3) is 0 Å². The lowest BCUT2D eigenvalue weighted by Gasteiger charge is -2.40. The van der Waals surface area contributed by atoms with Crippen LogP contribution >= 0.6 is 0 Å². The first kappa shape index (κ1) is 24.7. The predicted octanol–water partition coefficient (Wildman–Crippen LogP) is 9.82. The SMILES string of the molecule is CCC=CCCC1CCC(C2CCC(C3CC=C(c4ccc(C)c(F)c4F)CC3)CC2)CC1. The second-order valence-electron chi connectivity index (χ2n) is 11.2. The molecule has 1 aromatic rings. The molecule has 0 bridgehead atoms. The Morgan fingerprint density at radius 1 is 0.788 bits per heavy atom. The molecule has 0 N–H and O–H groups in total. The summed E-state index contributed by atoms with van der Waals surface area (Å²) < 4.78 is 28.4. The van der Waals surface area contributed by atoms with Crippen LogP contribution in [0, 0.1) is 48.1 Å². The summed E-state index contributed by atoms with van der Waals surface area (Å²) >= 11 is 0. The van der Waals surface area contributed by atoms with Gasteiger partial charge < -0.3 is 0 Å². The van der Waals surface area contributed by atoms with Crippen molar-refractivity contribution in [2.45, 2.75) is 104 Å². The second kappa shape index (κ2) is 11.8. The van der Waals surface area contributed by atoms with Crippen molar-refractivity contribution in [3.05, 3.63) is 53.1 Å². The van der Waals surface area contributed by atoms with Crippen molar-refractivity contribution in [2.24, 2.45) is 29.6 Å². The first-order valence-corrected chi connectivity index (χ1v) is 13.9. The number of rotatable bonds is 7. The van der Waals surface area contributed by atoms with E-state index in [-0.39, 0.29) is 0 Å². The van der Waals surface area contributed by atoms with Gasteiger partial charge in [0.2, 0.25) is 0 Å². The molecule has 2 saturated carbocycles. The van der Waals surface area contributed by atoms with Crippen LogP contribution in [0.2, 0.25) is 0 Å². The van der Waals surface area contributed by atoms with Gasteiger partial charge >= 0.3 is 0 Å². The molecule has 2 heteroatoms. The summed E-state index contributed by atoms with van der Waals surface area (Å²) in [6.45, 7) is 3.84. The molecule has 4 rings (SSSR count). The van der Waals surface area contributed by atoms with Gasteiger partial charge in [-0.2, -0.15) is 0 Å². The highest BCUT2D eigenvalue weighted by atomic mass is 19.2. The fourth-order valence-electron chi connectivity index (χ4n) is 7.07. The zero-order valence-corrected chi connectivity index (χ0v) is 20.9. The third-order valence-corrected chi connectivity index (χ3v) is 9.26. The number of benzene rings is 1. The van der Waals surface area contributed by atoms with Gasteiger partial charge in [0, 0.05) is 5.56 Å². The van der Waals surface area contributed by atoms with Crippen LogP contribution < -0.4 is 0 Å². The zero-order chi connectivity index (χ0) is 23.2. The van der Waals surface area contributed by atoms with Crippen molar-refractivity contribution in [3.63, 3.8) is 0 Å². The zero-order valence-electron chi connectivity index (χ0n) is 20.9. The van der Waals surface area contributed by atoms with Gasteiger partial charge in [-0.3, -0.25) is 0 Å². The summed E-state index contributed by atoms with van der Waals surface area (Å²) in [6.07, 6.45) is 25.3. The van der Waals surface area contributed by atoms with E-state index in [1.165, 1.54) is 70.6 Å². The fraction of sp³-hybridized carbons (Fsp3) is 0.677. The summed E-state index contributed by atoms with van der Waals surface area (Å²) in [4.78, 5) is 0. The molecule has 0 amide bonds. The first-order valence-electron chi connectivity index (χ1n) is 13.9. The van der Waals surface area contributed by atoms with Crippen LogP contribution in [0.15, 0.2) is 30.4 Å². The molecule has 0 nitrogen and oxygen atoms in total. The van der Waals surface area contributed by atoms with Crippen molar-refractivity contribution in [1.29, 1.82) is 0 Å². The van der Waals surface area contributed by atoms with Crippen LogP contribution in [-0.2, 0) is 0 Å². The van der Waals surface area contributed by atoms with Gasteiger partial charge in [-0.05, 0) is 125 Å².